The summed E-state index contributed by atoms with van der Waals surface area (Å²) < 4.78 is 5.25. The Morgan fingerprint density at radius 2 is 1.58 bits per heavy atom. The van der Waals surface area contributed by atoms with E-state index in [0.29, 0.717) is 16.9 Å². The van der Waals surface area contributed by atoms with Gasteiger partial charge in [-0.25, -0.2) is 10.2 Å². The van der Waals surface area contributed by atoms with E-state index in [0.717, 1.165) is 11.1 Å². The maximum Gasteiger partial charge on any atom is 0.336 e. The number of hydrogen-bond acceptors (Lipinski definition) is 5. The van der Waals surface area contributed by atoms with E-state index in [9.17, 15) is 14.4 Å². The molecule has 7 nitrogen and oxygen atoms in total. The molecule has 7 heteroatoms. The minimum atomic E-state index is -0.486. The van der Waals surface area contributed by atoms with Crippen LogP contribution in [0.2, 0.25) is 0 Å². The summed E-state index contributed by atoms with van der Waals surface area (Å²) in [6.45, 7) is 1.73. The molecular weight excluding hydrogens is 418 g/mol. The summed E-state index contributed by atoms with van der Waals surface area (Å²) in [4.78, 5) is 35.8. The highest BCUT2D eigenvalue weighted by Crippen LogP contribution is 2.12. The number of hydrazone groups is 1. The molecule has 33 heavy (non-hydrogen) atoms. The number of esters is 1. The van der Waals surface area contributed by atoms with Crippen molar-refractivity contribution in [1.29, 1.82) is 0 Å². The van der Waals surface area contributed by atoms with Crippen LogP contribution in [0.25, 0.3) is 6.08 Å². The first-order chi connectivity index (χ1) is 16.0. The third-order valence-corrected chi connectivity index (χ3v) is 4.44. The highest BCUT2D eigenvalue weighted by atomic mass is 16.5. The SMILES string of the molecule is Cc1ccc(C(=O)NCC(=O)NN=Cc2ccc(OC(=O)C=Cc3ccccc3)cc2)cc1. The fourth-order valence-electron chi connectivity index (χ4n) is 2.69. The second-order valence-corrected chi connectivity index (χ2v) is 7.08. The Balaban J connectivity index is 1.41. The van der Waals surface area contributed by atoms with Crippen LogP contribution in [-0.2, 0) is 9.59 Å². The van der Waals surface area contributed by atoms with Crippen LogP contribution in [0.3, 0.4) is 0 Å². The maximum absolute atomic E-state index is 12.0. The molecule has 2 N–H and O–H groups in total. The number of rotatable bonds is 8. The molecule has 0 aliphatic heterocycles. The molecule has 3 rings (SSSR count). The standard InChI is InChI=1S/C26H23N3O4/c1-19-7-12-22(13-8-19)26(32)27-18-24(30)29-28-17-21-9-14-23(15-10-21)33-25(31)16-11-20-5-3-2-4-6-20/h2-17H,18H2,1H3,(H,27,32)(H,29,30). The zero-order valence-corrected chi connectivity index (χ0v) is 18.0. The molecule has 0 aromatic heterocycles. The summed E-state index contributed by atoms with van der Waals surface area (Å²) in [6, 6.07) is 23.1. The number of nitrogens with one attached hydrogen (secondary N) is 2. The van der Waals surface area contributed by atoms with Crippen LogP contribution in [-0.4, -0.2) is 30.5 Å². The van der Waals surface area contributed by atoms with E-state index in [1.807, 2.05) is 49.4 Å². The molecule has 3 aromatic carbocycles. The molecule has 3 aromatic rings. The molecule has 0 unspecified atom stereocenters. The number of amides is 2. The van der Waals surface area contributed by atoms with Crippen molar-refractivity contribution in [3.63, 3.8) is 0 Å². The highest BCUT2D eigenvalue weighted by Gasteiger charge is 2.07. The van der Waals surface area contributed by atoms with Gasteiger partial charge in [-0.2, -0.15) is 5.10 Å². The lowest BCUT2D eigenvalue weighted by molar-refractivity contribution is -0.129. The summed E-state index contributed by atoms with van der Waals surface area (Å²) in [6.07, 6.45) is 4.48. The lowest BCUT2D eigenvalue weighted by atomic mass is 10.1. The van der Waals surface area contributed by atoms with Crippen molar-refractivity contribution in [3.8, 4) is 5.75 Å². The largest absolute Gasteiger partial charge is 0.423 e. The number of carbonyl (C=O) groups excluding carboxylic acids is 3. The number of aryl methyl sites for hydroxylation is 1. The van der Waals surface area contributed by atoms with E-state index >= 15 is 0 Å². The average molecular weight is 441 g/mol. The van der Waals surface area contributed by atoms with Gasteiger partial charge in [-0.1, -0.05) is 48.0 Å². The third kappa shape index (κ3) is 7.91. The van der Waals surface area contributed by atoms with Crippen molar-refractivity contribution in [2.24, 2.45) is 5.10 Å². The predicted molar refractivity (Wildman–Crippen MR) is 127 cm³/mol. The van der Waals surface area contributed by atoms with Gasteiger partial charge in [-0.3, -0.25) is 9.59 Å². The number of carbonyl (C=O) groups is 3. The van der Waals surface area contributed by atoms with E-state index in [4.69, 9.17) is 4.74 Å². The van der Waals surface area contributed by atoms with Gasteiger partial charge < -0.3 is 10.1 Å². The molecule has 0 spiro atoms. The van der Waals surface area contributed by atoms with Crippen LogP contribution in [0.4, 0.5) is 0 Å². The zero-order valence-electron chi connectivity index (χ0n) is 18.0. The van der Waals surface area contributed by atoms with Gasteiger partial charge >= 0.3 is 5.97 Å². The minimum Gasteiger partial charge on any atom is -0.423 e. The van der Waals surface area contributed by atoms with Gasteiger partial charge in [0.15, 0.2) is 0 Å². The Kier molecular flexibility index (Phi) is 8.25. The Bertz CT molecular complexity index is 1150. The van der Waals surface area contributed by atoms with E-state index in [1.165, 1.54) is 12.3 Å². The summed E-state index contributed by atoms with van der Waals surface area (Å²) in [5.74, 6) is -0.890. The topological polar surface area (TPSA) is 96.9 Å². The van der Waals surface area contributed by atoms with Gasteiger partial charge in [0.25, 0.3) is 11.8 Å². The smallest absolute Gasteiger partial charge is 0.336 e. The minimum absolute atomic E-state index is 0.199. The number of benzene rings is 3. The van der Waals surface area contributed by atoms with E-state index < -0.39 is 11.9 Å². The Morgan fingerprint density at radius 3 is 2.27 bits per heavy atom. The Labute approximate surface area is 191 Å². The van der Waals surface area contributed by atoms with E-state index in [-0.39, 0.29) is 12.5 Å². The molecule has 0 atom stereocenters. The zero-order chi connectivity index (χ0) is 23.5. The number of hydrogen-bond donors (Lipinski definition) is 2. The van der Waals surface area contributed by atoms with Crippen LogP contribution in [0.5, 0.6) is 5.75 Å². The molecule has 166 valence electrons. The second kappa shape index (κ2) is 11.8. The van der Waals surface area contributed by atoms with Gasteiger partial charge in [0.05, 0.1) is 12.8 Å². The van der Waals surface area contributed by atoms with Gasteiger partial charge in [-0.15, -0.1) is 0 Å². The van der Waals surface area contributed by atoms with Crippen molar-refractivity contribution >= 4 is 30.1 Å². The Hall–Kier alpha value is -4.52. The van der Waals surface area contributed by atoms with Gasteiger partial charge in [0.2, 0.25) is 0 Å². The van der Waals surface area contributed by atoms with Crippen LogP contribution in [0.15, 0.2) is 90.0 Å². The third-order valence-electron chi connectivity index (χ3n) is 4.44. The molecule has 0 radical (unpaired) electrons. The normalized spacial score (nSPS) is 10.8. The molecule has 0 saturated heterocycles. The summed E-state index contributed by atoms with van der Waals surface area (Å²) >= 11 is 0. The fraction of sp³-hybridized carbons (Fsp3) is 0.0769. The van der Waals surface area contributed by atoms with Crippen LogP contribution in [0.1, 0.15) is 27.0 Å². The van der Waals surface area contributed by atoms with Crippen LogP contribution >= 0.6 is 0 Å². The maximum atomic E-state index is 12.0. The van der Waals surface area contributed by atoms with Gasteiger partial charge in [-0.05, 0) is 60.5 Å². The van der Waals surface area contributed by atoms with Crippen molar-refractivity contribution < 1.29 is 19.1 Å². The van der Waals surface area contributed by atoms with Gasteiger partial charge in [0.1, 0.15) is 5.75 Å². The number of nitrogens with zero attached hydrogens (tertiary/aromatic N) is 1. The predicted octanol–water partition coefficient (Wildman–Crippen LogP) is 3.49. The second-order valence-electron chi connectivity index (χ2n) is 7.08. The van der Waals surface area contributed by atoms with Crippen molar-refractivity contribution in [1.82, 2.24) is 10.7 Å². The van der Waals surface area contributed by atoms with Crippen molar-refractivity contribution in [3.05, 3.63) is 107 Å². The number of ether oxygens (including phenoxy) is 1. The van der Waals surface area contributed by atoms with E-state index in [2.05, 4.69) is 15.8 Å². The van der Waals surface area contributed by atoms with Crippen LogP contribution in [0, 0.1) is 6.92 Å². The van der Waals surface area contributed by atoms with Crippen LogP contribution < -0.4 is 15.5 Å². The molecular formula is C26H23N3O4. The van der Waals surface area contributed by atoms with Gasteiger partial charge in [0, 0.05) is 11.6 Å². The molecule has 0 aliphatic rings. The average Bonchev–Trinajstić information content (AvgIpc) is 2.83. The first-order valence-electron chi connectivity index (χ1n) is 10.2. The monoisotopic (exact) mass is 441 g/mol. The molecule has 0 saturated carbocycles. The highest BCUT2D eigenvalue weighted by molar-refractivity contribution is 5.96. The van der Waals surface area contributed by atoms with Crippen molar-refractivity contribution in [2.45, 2.75) is 6.92 Å². The quantitative estimate of drug-likeness (QED) is 0.184. The first kappa shape index (κ1) is 23.1. The molecule has 0 fully saturated rings. The Morgan fingerprint density at radius 1 is 0.879 bits per heavy atom. The van der Waals surface area contributed by atoms with Crippen molar-refractivity contribution in [2.75, 3.05) is 6.54 Å². The lowest BCUT2D eigenvalue weighted by Crippen LogP contribution is -2.34. The summed E-state index contributed by atoms with van der Waals surface area (Å²) in [7, 11) is 0. The molecule has 0 heterocycles. The summed E-state index contributed by atoms with van der Waals surface area (Å²) in [5.41, 5.74) is 5.47. The molecule has 0 aliphatic carbocycles. The molecule has 0 bridgehead atoms. The fourth-order valence-corrected chi connectivity index (χ4v) is 2.69. The van der Waals surface area contributed by atoms with E-state index in [1.54, 1.807) is 42.5 Å². The summed E-state index contributed by atoms with van der Waals surface area (Å²) in [5, 5.41) is 6.40. The first-order valence-corrected chi connectivity index (χ1v) is 10.2. The lowest BCUT2D eigenvalue weighted by Gasteiger charge is -2.04. The molecule has 2 amide bonds.